The Kier molecular flexibility index (Phi) is 9.07. The van der Waals surface area contributed by atoms with Gasteiger partial charge in [-0.05, 0) is 59.0 Å². The minimum atomic E-state index is -1.48. The van der Waals surface area contributed by atoms with E-state index in [0.717, 1.165) is 15.8 Å². The summed E-state index contributed by atoms with van der Waals surface area (Å²) in [5.41, 5.74) is 1.94. The van der Waals surface area contributed by atoms with Gasteiger partial charge in [0.2, 0.25) is 0 Å². The first-order valence-electron chi connectivity index (χ1n) is 14.1. The van der Waals surface area contributed by atoms with Crippen LogP contribution in [0.25, 0.3) is 10.1 Å². The third kappa shape index (κ3) is 6.40. The molecule has 6 rings (SSSR count). The maximum Gasteiger partial charge on any atom is 0.338 e. The van der Waals surface area contributed by atoms with E-state index in [9.17, 15) is 19.8 Å². The standard InChI is InChI=1S/C35H29ClO7S/c36-27-16-15-24(17-25(27)19-26-18-23-13-7-8-14-29(23)44-26)31-33(43-35(40)22-11-5-2-6-12-22)32(30(38)28(20-37)41-31)42-34(39)21-9-3-1-4-10-21/h1-18,28,30-33,37-38H,19-20H2/t28?,30-,31?,32?,33+/m1/s1. The van der Waals surface area contributed by atoms with Crippen LogP contribution in [0.2, 0.25) is 5.02 Å². The average molecular weight is 629 g/mol. The zero-order valence-corrected chi connectivity index (χ0v) is 25.0. The largest absolute Gasteiger partial charge is 0.452 e. The number of esters is 2. The first-order chi connectivity index (χ1) is 21.4. The van der Waals surface area contributed by atoms with E-state index in [1.807, 2.05) is 18.2 Å². The second-order valence-electron chi connectivity index (χ2n) is 10.5. The summed E-state index contributed by atoms with van der Waals surface area (Å²) in [7, 11) is 0. The summed E-state index contributed by atoms with van der Waals surface area (Å²) in [6.45, 7) is -0.557. The third-order valence-corrected chi connectivity index (χ3v) is 9.07. The number of hydrogen-bond donors (Lipinski definition) is 2. The number of aliphatic hydroxyl groups excluding tert-OH is 2. The Morgan fingerprint density at radius 2 is 1.41 bits per heavy atom. The Labute approximate surface area is 263 Å². The predicted octanol–water partition coefficient (Wildman–Crippen LogP) is 6.39. The molecular formula is C35H29ClO7S. The molecule has 1 aliphatic heterocycles. The third-order valence-electron chi connectivity index (χ3n) is 7.59. The highest BCUT2D eigenvalue weighted by Gasteiger charge is 2.50. The van der Waals surface area contributed by atoms with Crippen LogP contribution in [0.3, 0.4) is 0 Å². The summed E-state index contributed by atoms with van der Waals surface area (Å²) in [6, 6.07) is 32.3. The van der Waals surface area contributed by atoms with Gasteiger partial charge in [-0.15, -0.1) is 11.3 Å². The number of fused-ring (bicyclic) bond motifs is 1. The number of thiophene rings is 1. The summed E-state index contributed by atoms with van der Waals surface area (Å²) < 4.78 is 19.1. The number of hydrogen-bond acceptors (Lipinski definition) is 8. The van der Waals surface area contributed by atoms with Gasteiger partial charge in [-0.3, -0.25) is 0 Å². The minimum absolute atomic E-state index is 0.258. The lowest BCUT2D eigenvalue weighted by Gasteiger charge is -2.43. The lowest BCUT2D eigenvalue weighted by atomic mass is 9.89. The van der Waals surface area contributed by atoms with Gasteiger partial charge >= 0.3 is 11.9 Å². The fourth-order valence-corrected chi connectivity index (χ4v) is 6.63. The van der Waals surface area contributed by atoms with Crippen LogP contribution in [0.15, 0.2) is 109 Å². The molecule has 3 unspecified atom stereocenters. The molecular weight excluding hydrogens is 600 g/mol. The first kappa shape index (κ1) is 30.0. The van der Waals surface area contributed by atoms with Gasteiger partial charge < -0.3 is 24.4 Å². The van der Waals surface area contributed by atoms with Crippen molar-refractivity contribution in [2.45, 2.75) is 36.9 Å². The van der Waals surface area contributed by atoms with Gasteiger partial charge in [0.05, 0.1) is 17.7 Å². The number of ether oxygens (including phenoxy) is 3. The van der Waals surface area contributed by atoms with Crippen molar-refractivity contribution in [2.24, 2.45) is 0 Å². The molecule has 0 bridgehead atoms. The molecule has 224 valence electrons. The fourth-order valence-electron chi connectivity index (χ4n) is 5.36. The van der Waals surface area contributed by atoms with Gasteiger partial charge in [-0.2, -0.15) is 0 Å². The molecule has 44 heavy (non-hydrogen) atoms. The Balaban J connectivity index is 1.37. The molecule has 4 aromatic carbocycles. The lowest BCUT2D eigenvalue weighted by Crippen LogP contribution is -2.58. The molecule has 7 nitrogen and oxygen atoms in total. The van der Waals surface area contributed by atoms with Crippen LogP contribution in [-0.2, 0) is 20.6 Å². The van der Waals surface area contributed by atoms with Crippen LogP contribution in [0.1, 0.15) is 42.8 Å². The second-order valence-corrected chi connectivity index (χ2v) is 12.1. The number of rotatable bonds is 8. The van der Waals surface area contributed by atoms with Crippen LogP contribution < -0.4 is 0 Å². The molecule has 2 N–H and O–H groups in total. The van der Waals surface area contributed by atoms with Gasteiger partial charge in [0.15, 0.2) is 12.2 Å². The molecule has 0 spiro atoms. The van der Waals surface area contributed by atoms with E-state index in [2.05, 4.69) is 18.2 Å². The molecule has 0 radical (unpaired) electrons. The molecule has 9 heteroatoms. The van der Waals surface area contributed by atoms with Crippen molar-refractivity contribution in [3.05, 3.63) is 141 Å². The lowest BCUT2D eigenvalue weighted by molar-refractivity contribution is -0.231. The number of carbonyl (C=O) groups is 2. The summed E-state index contributed by atoms with van der Waals surface area (Å²) in [4.78, 5) is 27.6. The summed E-state index contributed by atoms with van der Waals surface area (Å²) in [5, 5.41) is 23.1. The summed E-state index contributed by atoms with van der Waals surface area (Å²) in [5.74, 6) is -1.40. The average Bonchev–Trinajstić information content (AvgIpc) is 3.47. The molecule has 1 aromatic heterocycles. The Morgan fingerprint density at radius 3 is 2.05 bits per heavy atom. The van der Waals surface area contributed by atoms with Crippen molar-refractivity contribution in [3.63, 3.8) is 0 Å². The van der Waals surface area contributed by atoms with E-state index in [1.165, 1.54) is 4.70 Å². The Bertz CT molecular complexity index is 1720. The molecule has 5 aromatic rings. The highest BCUT2D eigenvalue weighted by molar-refractivity contribution is 7.19. The molecule has 0 aliphatic carbocycles. The van der Waals surface area contributed by atoms with Crippen LogP contribution in [-0.4, -0.2) is 53.2 Å². The maximum atomic E-state index is 13.3. The van der Waals surface area contributed by atoms with E-state index in [4.69, 9.17) is 25.8 Å². The number of carbonyl (C=O) groups excluding carboxylic acids is 2. The Hall–Kier alpha value is -4.05. The highest BCUT2D eigenvalue weighted by Crippen LogP contribution is 2.38. The first-order valence-corrected chi connectivity index (χ1v) is 15.3. The van der Waals surface area contributed by atoms with Crippen molar-refractivity contribution in [2.75, 3.05) is 6.61 Å². The van der Waals surface area contributed by atoms with Crippen molar-refractivity contribution in [3.8, 4) is 0 Å². The topological polar surface area (TPSA) is 102 Å². The van der Waals surface area contributed by atoms with E-state index in [1.54, 1.807) is 84.1 Å². The quantitative estimate of drug-likeness (QED) is 0.192. The zero-order chi connectivity index (χ0) is 30.6. The molecule has 1 fully saturated rings. The van der Waals surface area contributed by atoms with Gasteiger partial charge in [-0.1, -0.05) is 78.3 Å². The summed E-state index contributed by atoms with van der Waals surface area (Å²) >= 11 is 8.33. The predicted molar refractivity (Wildman–Crippen MR) is 168 cm³/mol. The van der Waals surface area contributed by atoms with Crippen LogP contribution >= 0.6 is 22.9 Å². The normalized spacial score (nSPS) is 21.6. The maximum absolute atomic E-state index is 13.3. The molecule has 1 saturated heterocycles. The van der Waals surface area contributed by atoms with Gasteiger partial charge in [-0.25, -0.2) is 9.59 Å². The van der Waals surface area contributed by atoms with Gasteiger partial charge in [0, 0.05) is 21.0 Å². The van der Waals surface area contributed by atoms with E-state index in [0.29, 0.717) is 17.0 Å². The van der Waals surface area contributed by atoms with Crippen LogP contribution in [0.5, 0.6) is 0 Å². The Morgan fingerprint density at radius 1 is 0.795 bits per heavy atom. The van der Waals surface area contributed by atoms with Crippen LogP contribution in [0.4, 0.5) is 0 Å². The summed E-state index contributed by atoms with van der Waals surface area (Å²) in [6.07, 6.45) is -5.68. The number of benzene rings is 4. The second kappa shape index (κ2) is 13.3. The zero-order valence-electron chi connectivity index (χ0n) is 23.4. The molecule has 2 heterocycles. The fraction of sp³-hybridized carbons (Fsp3) is 0.200. The molecule has 5 atom stereocenters. The van der Waals surface area contributed by atoms with E-state index in [-0.39, 0.29) is 11.1 Å². The monoisotopic (exact) mass is 628 g/mol. The van der Waals surface area contributed by atoms with Gasteiger partial charge in [0.25, 0.3) is 0 Å². The molecule has 0 saturated carbocycles. The van der Waals surface area contributed by atoms with Crippen molar-refractivity contribution >= 4 is 45.0 Å². The molecule has 0 amide bonds. The number of halogens is 1. The van der Waals surface area contributed by atoms with Crippen LogP contribution in [0, 0.1) is 0 Å². The smallest absolute Gasteiger partial charge is 0.338 e. The minimum Gasteiger partial charge on any atom is -0.452 e. The van der Waals surface area contributed by atoms with Crippen molar-refractivity contribution in [1.29, 1.82) is 0 Å². The van der Waals surface area contributed by atoms with E-state index >= 15 is 0 Å². The number of aliphatic hydroxyl groups is 2. The van der Waals surface area contributed by atoms with Gasteiger partial charge in [0.1, 0.15) is 18.3 Å². The highest BCUT2D eigenvalue weighted by atomic mass is 35.5. The SMILES string of the molecule is O=C(OC1[C@H](O)C(CO)OC(c2ccc(Cl)c(Cc3cc4ccccc4s3)c2)[C@@H]1OC(=O)c1ccccc1)c1ccccc1. The van der Waals surface area contributed by atoms with Crippen molar-refractivity contribution in [1.82, 2.24) is 0 Å². The van der Waals surface area contributed by atoms with E-state index < -0.39 is 49.1 Å². The molecule has 1 aliphatic rings. The van der Waals surface area contributed by atoms with Crippen molar-refractivity contribution < 1.29 is 34.0 Å².